The molecule has 0 radical (unpaired) electrons. The SMILES string of the molecule is CC(C)(C)P(C[c-]1c(CP(C(C)(C)C)C(C)(C)C)cc([Si](C)(C)C)c1[Si](C)(C)C)C1C2CC3CC(C2)CC1C3.[Fe].[cH-]1[cH-][cH-][cH-][cH-]1. The molecule has 6 rings (SSSR count). The molecule has 0 aliphatic heterocycles. The number of rotatable bonds is 7. The van der Waals surface area contributed by atoms with Crippen molar-refractivity contribution in [3.05, 3.63) is 47.5 Å². The zero-order chi connectivity index (χ0) is 33.0. The van der Waals surface area contributed by atoms with Crippen molar-refractivity contribution < 1.29 is 17.1 Å². The van der Waals surface area contributed by atoms with E-state index in [-0.39, 0.29) is 32.9 Å². The van der Waals surface area contributed by atoms with E-state index in [1.165, 1.54) is 12.3 Å². The van der Waals surface area contributed by atoms with Gasteiger partial charge >= 0.3 is 0 Å². The molecule has 2 aromatic rings. The molecule has 1 atom stereocenters. The van der Waals surface area contributed by atoms with Gasteiger partial charge in [-0.15, -0.1) is 7.92 Å². The Labute approximate surface area is 296 Å². The van der Waals surface area contributed by atoms with Gasteiger partial charge in [-0.05, 0) is 83.1 Å². The van der Waals surface area contributed by atoms with Gasteiger partial charge in [-0.3, -0.25) is 0 Å². The molecule has 0 aromatic heterocycles. The normalized spacial score (nSPS) is 26.0. The number of hydrogen-bond acceptors (Lipinski definition) is 0. The van der Waals surface area contributed by atoms with Crippen molar-refractivity contribution in [3.8, 4) is 0 Å². The first-order valence-electron chi connectivity index (χ1n) is 18.0. The molecular weight excluding hydrogens is 654 g/mol. The second-order valence-corrected chi connectivity index (χ2v) is 37.1. The van der Waals surface area contributed by atoms with E-state index in [0.717, 1.165) is 29.3 Å². The van der Waals surface area contributed by atoms with Crippen molar-refractivity contribution in [2.24, 2.45) is 23.7 Å². The van der Waals surface area contributed by atoms with Crippen LogP contribution in [0.5, 0.6) is 0 Å². The second kappa shape index (κ2) is 14.4. The van der Waals surface area contributed by atoms with Crippen LogP contribution in [0.4, 0.5) is 0 Å². The maximum absolute atomic E-state index is 2.83. The van der Waals surface area contributed by atoms with Gasteiger partial charge < -0.3 is 30.3 Å². The average Bonchev–Trinajstić information content (AvgIpc) is 3.50. The molecule has 0 heterocycles. The fraction of sp³-hybridized carbons (Fsp3) is 0.750. The third-order valence-electron chi connectivity index (χ3n) is 11.1. The second-order valence-electron chi connectivity index (χ2n) is 20.0. The van der Waals surface area contributed by atoms with E-state index in [4.69, 9.17) is 0 Å². The van der Waals surface area contributed by atoms with E-state index in [2.05, 4.69) is 108 Å². The standard InChI is InChI=1S/C35H65P2Si2.C5H5.Fe/c1-33(2,3)36(31-26-17-24-16-25(19-26)20-27(31)18-24)23-29-28(22-37(34(4,5)6)35(7,8)9)21-30(38(10,11)12)32(29)39(13,14)15;1-2-4-5-3-1;/h21,24-27,31H,16-20,22-23H2,1-15H3;1-5H;/q-1;-5;. The van der Waals surface area contributed by atoms with Crippen LogP contribution >= 0.6 is 15.8 Å². The summed E-state index contributed by atoms with van der Waals surface area (Å²) < 4.78 is 0. The smallest absolute Gasteiger partial charge is 0.0508 e. The summed E-state index contributed by atoms with van der Waals surface area (Å²) in [6, 6.07) is 12.8. The largest absolute Gasteiger partial charge is 0.748 e. The summed E-state index contributed by atoms with van der Waals surface area (Å²) in [5.41, 5.74) is 4.73. The fourth-order valence-electron chi connectivity index (χ4n) is 9.76. The quantitative estimate of drug-likeness (QED) is 0.152. The van der Waals surface area contributed by atoms with Crippen LogP contribution in [0.1, 0.15) is 106 Å². The van der Waals surface area contributed by atoms with Crippen molar-refractivity contribution in [1.82, 2.24) is 0 Å². The molecule has 262 valence electrons. The van der Waals surface area contributed by atoms with Crippen LogP contribution in [-0.4, -0.2) is 37.3 Å². The van der Waals surface area contributed by atoms with Gasteiger partial charge in [0.1, 0.15) is 0 Å². The van der Waals surface area contributed by atoms with Crippen molar-refractivity contribution in [2.45, 2.75) is 167 Å². The Bertz CT molecular complexity index is 1150. The average molecular weight is 725 g/mol. The van der Waals surface area contributed by atoms with Crippen LogP contribution in [0, 0.1) is 23.7 Å². The van der Waals surface area contributed by atoms with Crippen molar-refractivity contribution in [1.29, 1.82) is 0 Å². The van der Waals surface area contributed by atoms with Crippen LogP contribution in [0.3, 0.4) is 0 Å². The first kappa shape index (κ1) is 39.9. The molecule has 5 heteroatoms. The minimum Gasteiger partial charge on any atom is -0.748 e. The zero-order valence-electron chi connectivity index (χ0n) is 32.0. The van der Waals surface area contributed by atoms with Crippen LogP contribution in [0.15, 0.2) is 36.4 Å². The molecule has 0 spiro atoms. The molecule has 1 unspecified atom stereocenters. The summed E-state index contributed by atoms with van der Waals surface area (Å²) in [5, 5.41) is 4.94. The summed E-state index contributed by atoms with van der Waals surface area (Å²) in [6.07, 6.45) is 10.6. The van der Waals surface area contributed by atoms with Crippen LogP contribution in [0.2, 0.25) is 39.3 Å². The van der Waals surface area contributed by atoms with Gasteiger partial charge in [-0.25, -0.2) is 11.3 Å². The summed E-state index contributed by atoms with van der Waals surface area (Å²) in [6.45, 7) is 39.0. The third-order valence-corrected chi connectivity index (χ3v) is 23.2. The Balaban J connectivity index is 0.000000837. The summed E-state index contributed by atoms with van der Waals surface area (Å²) >= 11 is 0. The van der Waals surface area contributed by atoms with E-state index >= 15 is 0 Å². The van der Waals surface area contributed by atoms with Crippen LogP contribution in [0.25, 0.3) is 0 Å². The van der Waals surface area contributed by atoms with Crippen molar-refractivity contribution in [3.63, 3.8) is 0 Å². The minimum absolute atomic E-state index is 0. The molecule has 2 aromatic carbocycles. The van der Waals surface area contributed by atoms with Crippen molar-refractivity contribution >= 4 is 42.4 Å². The first-order valence-corrected chi connectivity index (χ1v) is 28.1. The van der Waals surface area contributed by atoms with Gasteiger partial charge in [0.15, 0.2) is 0 Å². The number of hydrogen-bond donors (Lipinski definition) is 0. The molecule has 4 bridgehead atoms. The van der Waals surface area contributed by atoms with E-state index in [1.807, 2.05) is 46.3 Å². The maximum atomic E-state index is 2.83. The van der Waals surface area contributed by atoms with Gasteiger partial charge in [0, 0.05) is 25.1 Å². The molecule has 45 heavy (non-hydrogen) atoms. The Morgan fingerprint density at radius 1 is 0.667 bits per heavy atom. The maximum Gasteiger partial charge on any atom is 0.0508 e. The van der Waals surface area contributed by atoms with Gasteiger partial charge in [-0.2, -0.15) is 16.3 Å². The summed E-state index contributed by atoms with van der Waals surface area (Å²) in [4.78, 5) is 0. The van der Waals surface area contributed by atoms with Crippen LogP contribution in [-0.2, 0) is 29.4 Å². The van der Waals surface area contributed by atoms with Crippen molar-refractivity contribution in [2.75, 3.05) is 0 Å². The van der Waals surface area contributed by atoms with Gasteiger partial charge in [0.05, 0.1) is 8.07 Å². The Kier molecular flexibility index (Phi) is 12.8. The molecule has 0 saturated heterocycles. The summed E-state index contributed by atoms with van der Waals surface area (Å²) in [7, 11) is -3.18. The van der Waals surface area contributed by atoms with Crippen LogP contribution < -0.4 is 10.4 Å². The Morgan fingerprint density at radius 3 is 1.42 bits per heavy atom. The molecule has 0 amide bonds. The Morgan fingerprint density at radius 2 is 1.09 bits per heavy atom. The van der Waals surface area contributed by atoms with Gasteiger partial charge in [-0.1, -0.05) is 116 Å². The van der Waals surface area contributed by atoms with E-state index in [0.29, 0.717) is 15.5 Å². The van der Waals surface area contributed by atoms with E-state index < -0.39 is 16.1 Å². The van der Waals surface area contributed by atoms with Gasteiger partial charge in [0.2, 0.25) is 0 Å². The predicted octanol–water partition coefficient (Wildman–Crippen LogP) is 12.1. The third kappa shape index (κ3) is 9.61. The topological polar surface area (TPSA) is 0 Å². The molecule has 4 aliphatic carbocycles. The van der Waals surface area contributed by atoms with Gasteiger partial charge in [0.25, 0.3) is 0 Å². The Hall–Kier alpha value is 0.513. The molecule has 4 saturated carbocycles. The monoisotopic (exact) mass is 724 g/mol. The van der Waals surface area contributed by atoms with E-state index in [1.54, 1.807) is 37.7 Å². The minimum atomic E-state index is -1.51. The molecular formula is C40H70FeP2Si2-6. The first-order chi connectivity index (χ1) is 20.0. The molecule has 4 fully saturated rings. The molecule has 4 aliphatic rings. The zero-order valence-corrected chi connectivity index (χ0v) is 36.9. The predicted molar refractivity (Wildman–Crippen MR) is 211 cm³/mol. The fourth-order valence-corrected chi connectivity index (χ4v) is 23.1. The molecule has 0 N–H and O–H groups in total. The van der Waals surface area contributed by atoms with E-state index in [9.17, 15) is 0 Å². The summed E-state index contributed by atoms with van der Waals surface area (Å²) in [5.74, 6) is 4.23. The molecule has 0 nitrogen and oxygen atoms in total.